The second-order valence-electron chi connectivity index (χ2n) is 2.97. The van der Waals surface area contributed by atoms with E-state index in [2.05, 4.69) is 10.2 Å². The van der Waals surface area contributed by atoms with Crippen molar-refractivity contribution < 1.29 is 0 Å². The van der Waals surface area contributed by atoms with Crippen molar-refractivity contribution in [2.24, 2.45) is 0 Å². The summed E-state index contributed by atoms with van der Waals surface area (Å²) in [5.41, 5.74) is 0.00833. The molecule has 2 N–H and O–H groups in total. The van der Waals surface area contributed by atoms with Crippen LogP contribution in [0, 0.1) is 0 Å². The fourth-order valence-electron chi connectivity index (χ4n) is 1.24. The molecule has 0 bridgehead atoms. The van der Waals surface area contributed by atoms with E-state index in [9.17, 15) is 4.79 Å². The molecule has 0 aliphatic heterocycles. The van der Waals surface area contributed by atoms with Crippen LogP contribution in [0.4, 0.5) is 0 Å². The van der Waals surface area contributed by atoms with Gasteiger partial charge in [-0.1, -0.05) is 13.0 Å². The first-order valence-corrected chi connectivity index (χ1v) is 5.39. The molecular formula is C9H11ClN4OS. The lowest BCUT2D eigenvalue weighted by atomic mass is 10.3. The van der Waals surface area contributed by atoms with Gasteiger partial charge >= 0.3 is 0 Å². The third-order valence-electron chi connectivity index (χ3n) is 2.04. The molecule has 86 valence electrons. The fraction of sp³-hybridized carbons (Fsp3) is 0.222. The number of aryl methyl sites for hydroxylation is 1. The first-order valence-electron chi connectivity index (χ1n) is 4.51. The zero-order chi connectivity index (χ0) is 10.8. The number of hydrogen-bond acceptors (Lipinski definition) is 5. The summed E-state index contributed by atoms with van der Waals surface area (Å²) in [6.45, 7) is 1.87. The van der Waals surface area contributed by atoms with E-state index in [1.807, 2.05) is 24.4 Å². The van der Waals surface area contributed by atoms with Gasteiger partial charge in [-0.2, -0.15) is 0 Å². The van der Waals surface area contributed by atoms with Gasteiger partial charge in [0.2, 0.25) is 0 Å². The Morgan fingerprint density at radius 3 is 2.81 bits per heavy atom. The Hall–Kier alpha value is -1.40. The summed E-state index contributed by atoms with van der Waals surface area (Å²) in [5, 5.41) is 9.69. The minimum Gasteiger partial charge on any atom is -0.335 e. The van der Waals surface area contributed by atoms with Crippen molar-refractivity contribution in [3.8, 4) is 10.6 Å². The fourth-order valence-corrected chi connectivity index (χ4v) is 1.94. The van der Waals surface area contributed by atoms with Gasteiger partial charge in [-0.25, -0.2) is 4.68 Å². The minimum atomic E-state index is -0.302. The lowest BCUT2D eigenvalue weighted by Crippen LogP contribution is -2.33. The van der Waals surface area contributed by atoms with Crippen LogP contribution < -0.4 is 11.4 Å². The zero-order valence-corrected chi connectivity index (χ0v) is 10.2. The van der Waals surface area contributed by atoms with Crippen molar-refractivity contribution in [1.29, 1.82) is 0 Å². The monoisotopic (exact) mass is 258 g/mol. The zero-order valence-electron chi connectivity index (χ0n) is 8.58. The van der Waals surface area contributed by atoms with Crippen molar-refractivity contribution in [1.82, 2.24) is 14.9 Å². The molecular weight excluding hydrogens is 248 g/mol. The molecule has 2 heterocycles. The van der Waals surface area contributed by atoms with Crippen molar-refractivity contribution in [2.45, 2.75) is 13.3 Å². The average molecular weight is 259 g/mol. The number of halogens is 1. The SMILES string of the molecule is CCc1nnc(-c2cccs2)c(=O)n1N.Cl. The Morgan fingerprint density at radius 2 is 2.25 bits per heavy atom. The van der Waals surface area contributed by atoms with E-state index in [4.69, 9.17) is 5.84 Å². The molecule has 0 radical (unpaired) electrons. The number of nitrogens with two attached hydrogens (primary N) is 1. The predicted molar refractivity (Wildman–Crippen MR) is 66.4 cm³/mol. The highest BCUT2D eigenvalue weighted by Gasteiger charge is 2.11. The van der Waals surface area contributed by atoms with E-state index in [0.717, 1.165) is 9.55 Å². The Balaban J connectivity index is 0.00000128. The van der Waals surface area contributed by atoms with Crippen LogP contribution >= 0.6 is 23.7 Å². The summed E-state index contributed by atoms with van der Waals surface area (Å²) >= 11 is 1.44. The molecule has 0 unspecified atom stereocenters. The molecule has 2 aromatic rings. The van der Waals surface area contributed by atoms with Crippen LogP contribution in [0.15, 0.2) is 22.3 Å². The molecule has 0 amide bonds. The molecule has 0 saturated heterocycles. The van der Waals surface area contributed by atoms with Gasteiger partial charge in [-0.15, -0.1) is 33.9 Å². The third-order valence-corrected chi connectivity index (χ3v) is 2.91. The second-order valence-corrected chi connectivity index (χ2v) is 3.92. The lowest BCUT2D eigenvalue weighted by Gasteiger charge is -2.04. The molecule has 0 fully saturated rings. The van der Waals surface area contributed by atoms with Crippen LogP contribution in [0.2, 0.25) is 0 Å². The molecule has 2 aromatic heterocycles. The van der Waals surface area contributed by atoms with Crippen LogP contribution in [0.25, 0.3) is 10.6 Å². The maximum Gasteiger partial charge on any atom is 0.299 e. The molecule has 0 aromatic carbocycles. The molecule has 2 rings (SSSR count). The summed E-state index contributed by atoms with van der Waals surface area (Å²) in [7, 11) is 0. The Bertz CT molecular complexity index is 523. The second kappa shape index (κ2) is 5.09. The number of aromatic nitrogens is 3. The number of nitrogens with zero attached hydrogens (tertiary/aromatic N) is 3. The van der Waals surface area contributed by atoms with Crippen molar-refractivity contribution in [3.05, 3.63) is 33.7 Å². The van der Waals surface area contributed by atoms with Crippen LogP contribution in [0.1, 0.15) is 12.7 Å². The maximum atomic E-state index is 11.8. The van der Waals surface area contributed by atoms with Gasteiger partial charge in [0.1, 0.15) is 0 Å². The first kappa shape index (κ1) is 12.7. The van der Waals surface area contributed by atoms with Gasteiger partial charge in [0, 0.05) is 6.42 Å². The quantitative estimate of drug-likeness (QED) is 0.818. The summed E-state index contributed by atoms with van der Waals surface area (Å²) in [6.07, 6.45) is 0.587. The smallest absolute Gasteiger partial charge is 0.299 e. The van der Waals surface area contributed by atoms with E-state index in [1.54, 1.807) is 0 Å². The summed E-state index contributed by atoms with van der Waals surface area (Å²) in [6, 6.07) is 3.68. The predicted octanol–water partition coefficient (Wildman–Crippen LogP) is 1.06. The molecule has 0 saturated carbocycles. The van der Waals surface area contributed by atoms with Crippen molar-refractivity contribution in [2.75, 3.05) is 5.84 Å². The molecule has 5 nitrogen and oxygen atoms in total. The van der Waals surface area contributed by atoms with Gasteiger partial charge in [0.15, 0.2) is 11.5 Å². The van der Waals surface area contributed by atoms with Gasteiger partial charge in [0.05, 0.1) is 4.88 Å². The minimum absolute atomic E-state index is 0. The van der Waals surface area contributed by atoms with Crippen LogP contribution in [-0.2, 0) is 6.42 Å². The summed E-state index contributed by atoms with van der Waals surface area (Å²) < 4.78 is 1.06. The first-order chi connectivity index (χ1) is 7.24. The average Bonchev–Trinajstić information content (AvgIpc) is 2.75. The number of thiophene rings is 1. The maximum absolute atomic E-state index is 11.8. The molecule has 16 heavy (non-hydrogen) atoms. The van der Waals surface area contributed by atoms with E-state index in [1.165, 1.54) is 11.3 Å². The molecule has 7 heteroatoms. The van der Waals surface area contributed by atoms with E-state index in [0.29, 0.717) is 17.9 Å². The number of nitrogen functional groups attached to an aromatic ring is 1. The number of hydrogen-bond donors (Lipinski definition) is 1. The van der Waals surface area contributed by atoms with Gasteiger partial charge in [-0.05, 0) is 11.4 Å². The summed E-state index contributed by atoms with van der Waals surface area (Å²) in [5.74, 6) is 6.09. The van der Waals surface area contributed by atoms with Gasteiger partial charge in [-0.3, -0.25) is 4.79 Å². The van der Waals surface area contributed by atoms with Gasteiger partial charge < -0.3 is 5.84 Å². The highest BCUT2D eigenvalue weighted by atomic mass is 35.5. The number of rotatable bonds is 2. The topological polar surface area (TPSA) is 73.8 Å². The Morgan fingerprint density at radius 1 is 1.50 bits per heavy atom. The van der Waals surface area contributed by atoms with E-state index in [-0.39, 0.29) is 18.0 Å². The Kier molecular flexibility index (Phi) is 4.03. The molecule has 0 aliphatic rings. The standard InChI is InChI=1S/C9H10N4OS.ClH/c1-2-7-11-12-8(9(14)13(7)10)6-4-3-5-15-6;/h3-5H,2,10H2,1H3;1H. The summed E-state index contributed by atoms with van der Waals surface area (Å²) in [4.78, 5) is 12.6. The van der Waals surface area contributed by atoms with Crippen LogP contribution in [-0.4, -0.2) is 14.9 Å². The molecule has 0 spiro atoms. The van der Waals surface area contributed by atoms with E-state index >= 15 is 0 Å². The largest absolute Gasteiger partial charge is 0.335 e. The van der Waals surface area contributed by atoms with E-state index < -0.39 is 0 Å². The van der Waals surface area contributed by atoms with Gasteiger partial charge in [0.25, 0.3) is 5.56 Å². The van der Waals surface area contributed by atoms with Crippen molar-refractivity contribution >= 4 is 23.7 Å². The normalized spacial score (nSPS) is 9.81. The van der Waals surface area contributed by atoms with Crippen LogP contribution in [0.5, 0.6) is 0 Å². The van der Waals surface area contributed by atoms with Crippen LogP contribution in [0.3, 0.4) is 0 Å². The highest BCUT2D eigenvalue weighted by molar-refractivity contribution is 7.13. The highest BCUT2D eigenvalue weighted by Crippen LogP contribution is 2.18. The molecule has 0 atom stereocenters. The Labute approximate surface area is 102 Å². The molecule has 0 aliphatic carbocycles. The van der Waals surface area contributed by atoms with Crippen molar-refractivity contribution in [3.63, 3.8) is 0 Å². The third kappa shape index (κ3) is 2.07. The lowest BCUT2D eigenvalue weighted by molar-refractivity contribution is 0.735.